The van der Waals surface area contributed by atoms with Gasteiger partial charge in [-0.25, -0.2) is 0 Å². The zero-order valence-electron chi connectivity index (χ0n) is 15.9. The summed E-state index contributed by atoms with van der Waals surface area (Å²) in [7, 11) is 0. The third-order valence-electron chi connectivity index (χ3n) is 4.65. The van der Waals surface area contributed by atoms with Gasteiger partial charge in [0.15, 0.2) is 11.0 Å². The normalized spacial score (nSPS) is 12.1. The van der Waals surface area contributed by atoms with E-state index in [0.29, 0.717) is 23.1 Å². The van der Waals surface area contributed by atoms with Gasteiger partial charge in [-0.1, -0.05) is 36.4 Å². The molecule has 2 aromatic carbocycles. The van der Waals surface area contributed by atoms with Crippen LogP contribution in [0.5, 0.6) is 0 Å². The summed E-state index contributed by atoms with van der Waals surface area (Å²) < 4.78 is 6.08. The zero-order valence-corrected chi connectivity index (χ0v) is 16.7. The summed E-state index contributed by atoms with van der Waals surface area (Å²) in [5, 5.41) is 12.7. The summed E-state index contributed by atoms with van der Waals surface area (Å²) in [6.45, 7) is 1.58. The molecule has 1 aromatic heterocycles. The molecule has 0 aliphatic heterocycles. The van der Waals surface area contributed by atoms with Gasteiger partial charge in [-0.2, -0.15) is 11.8 Å². The van der Waals surface area contributed by atoms with Crippen LogP contribution >= 0.6 is 11.8 Å². The summed E-state index contributed by atoms with van der Waals surface area (Å²) in [6.07, 6.45) is 2.63. The highest BCUT2D eigenvalue weighted by Gasteiger charge is 2.20. The van der Waals surface area contributed by atoms with Gasteiger partial charge in [-0.3, -0.25) is 9.59 Å². The quantitative estimate of drug-likeness (QED) is 0.637. The molecule has 146 valence electrons. The molecule has 0 aliphatic rings. The molecule has 28 heavy (non-hydrogen) atoms. The second-order valence-electron chi connectivity index (χ2n) is 6.57. The van der Waals surface area contributed by atoms with Crippen LogP contribution in [0, 0.1) is 6.92 Å². The lowest BCUT2D eigenvalue weighted by atomic mass is 10.0. The lowest BCUT2D eigenvalue weighted by Crippen LogP contribution is -2.38. The molecule has 3 aromatic rings. The average molecular weight is 397 g/mol. The van der Waals surface area contributed by atoms with Gasteiger partial charge < -0.3 is 14.8 Å². The Morgan fingerprint density at radius 3 is 2.61 bits per heavy atom. The summed E-state index contributed by atoms with van der Waals surface area (Å²) in [5.41, 5.74) is 1.67. The van der Waals surface area contributed by atoms with E-state index in [9.17, 15) is 14.7 Å². The Morgan fingerprint density at radius 1 is 1.18 bits per heavy atom. The maximum Gasteiger partial charge on any atom is 0.255 e. The van der Waals surface area contributed by atoms with E-state index in [-0.39, 0.29) is 35.1 Å². The van der Waals surface area contributed by atoms with Crippen molar-refractivity contribution in [1.29, 1.82) is 0 Å². The van der Waals surface area contributed by atoms with Gasteiger partial charge in [-0.05, 0) is 37.5 Å². The number of hydrogen-bond acceptors (Lipinski definition) is 5. The molecule has 0 bridgehead atoms. The van der Waals surface area contributed by atoms with E-state index in [4.69, 9.17) is 4.42 Å². The highest BCUT2D eigenvalue weighted by atomic mass is 32.2. The first-order valence-corrected chi connectivity index (χ1v) is 10.5. The number of benzene rings is 2. The van der Waals surface area contributed by atoms with Crippen molar-refractivity contribution in [2.75, 3.05) is 18.6 Å². The van der Waals surface area contributed by atoms with Crippen LogP contribution in [0.1, 0.15) is 22.3 Å². The molecule has 6 heteroatoms. The monoisotopic (exact) mass is 397 g/mol. The zero-order chi connectivity index (χ0) is 20.1. The molecule has 0 spiro atoms. The smallest absolute Gasteiger partial charge is 0.255 e. The highest BCUT2D eigenvalue weighted by molar-refractivity contribution is 7.98. The summed E-state index contributed by atoms with van der Waals surface area (Å²) in [5.74, 6) is 0.921. The number of fused-ring (bicyclic) bond motifs is 1. The van der Waals surface area contributed by atoms with Crippen LogP contribution in [-0.4, -0.2) is 35.7 Å². The molecular formula is C22H23NO4S. The van der Waals surface area contributed by atoms with Crippen molar-refractivity contribution in [3.63, 3.8) is 0 Å². The summed E-state index contributed by atoms with van der Waals surface area (Å²) in [4.78, 5) is 25.7. The Labute approximate surface area is 167 Å². The molecule has 0 radical (unpaired) electrons. The number of amides is 1. The predicted octanol–water partition coefficient (Wildman–Crippen LogP) is 3.61. The van der Waals surface area contributed by atoms with Crippen molar-refractivity contribution in [3.05, 3.63) is 69.9 Å². The van der Waals surface area contributed by atoms with Crippen molar-refractivity contribution >= 4 is 28.6 Å². The average Bonchev–Trinajstić information content (AvgIpc) is 2.73. The standard InChI is InChI=1S/C22H23NO4S/c1-14-19(25)17-9-6-10-18(22(26)23-16(13-24)11-12-28-2)21(17)27-20(14)15-7-4-3-5-8-15/h3-10,16,24H,11-13H2,1-2H3,(H,23,26). The lowest BCUT2D eigenvalue weighted by molar-refractivity contribution is 0.0916. The number of aliphatic hydroxyl groups excluding tert-OH is 1. The SMILES string of the molecule is CSCCC(CO)NC(=O)c1cccc2c(=O)c(C)c(-c3ccccc3)oc12. The maximum atomic E-state index is 12.9. The molecule has 0 fully saturated rings. The lowest BCUT2D eigenvalue weighted by Gasteiger charge is -2.16. The van der Waals surface area contributed by atoms with Gasteiger partial charge >= 0.3 is 0 Å². The Balaban J connectivity index is 2.08. The molecule has 1 amide bonds. The van der Waals surface area contributed by atoms with Gasteiger partial charge in [-0.15, -0.1) is 0 Å². The third kappa shape index (κ3) is 4.13. The number of aliphatic hydroxyl groups is 1. The summed E-state index contributed by atoms with van der Waals surface area (Å²) >= 11 is 1.65. The van der Waals surface area contributed by atoms with Crippen molar-refractivity contribution in [3.8, 4) is 11.3 Å². The van der Waals surface area contributed by atoms with Crippen LogP contribution < -0.4 is 10.7 Å². The number of carbonyl (C=O) groups is 1. The number of para-hydroxylation sites is 1. The molecule has 1 heterocycles. The molecule has 5 nitrogen and oxygen atoms in total. The minimum atomic E-state index is -0.364. The van der Waals surface area contributed by atoms with Crippen LogP contribution in [0.3, 0.4) is 0 Å². The molecule has 1 unspecified atom stereocenters. The van der Waals surface area contributed by atoms with Crippen LogP contribution in [0.4, 0.5) is 0 Å². The van der Waals surface area contributed by atoms with E-state index in [1.54, 1.807) is 36.9 Å². The number of nitrogens with one attached hydrogen (secondary N) is 1. The number of hydrogen-bond donors (Lipinski definition) is 2. The molecule has 2 N–H and O–H groups in total. The highest BCUT2D eigenvalue weighted by Crippen LogP contribution is 2.27. The van der Waals surface area contributed by atoms with Crippen LogP contribution in [0.15, 0.2) is 57.7 Å². The minimum Gasteiger partial charge on any atom is -0.455 e. The molecular weight excluding hydrogens is 374 g/mol. The topological polar surface area (TPSA) is 79.5 Å². The second kappa shape index (κ2) is 9.08. The second-order valence-corrected chi connectivity index (χ2v) is 7.55. The number of rotatable bonds is 7. The molecule has 1 atom stereocenters. The largest absolute Gasteiger partial charge is 0.455 e. The first-order valence-electron chi connectivity index (χ1n) is 9.09. The Hall–Kier alpha value is -2.57. The number of thioether (sulfide) groups is 1. The van der Waals surface area contributed by atoms with Crippen molar-refractivity contribution < 1.29 is 14.3 Å². The van der Waals surface area contributed by atoms with Crippen molar-refractivity contribution in [2.45, 2.75) is 19.4 Å². The van der Waals surface area contributed by atoms with E-state index >= 15 is 0 Å². The maximum absolute atomic E-state index is 12.9. The van der Waals surface area contributed by atoms with Gasteiger partial charge in [0.05, 0.1) is 23.6 Å². The first-order chi connectivity index (χ1) is 13.6. The fourth-order valence-corrected chi connectivity index (χ4v) is 3.61. The van der Waals surface area contributed by atoms with E-state index in [1.165, 1.54) is 0 Å². The predicted molar refractivity (Wildman–Crippen MR) is 114 cm³/mol. The van der Waals surface area contributed by atoms with Gasteiger partial charge in [0.2, 0.25) is 0 Å². The number of carbonyl (C=O) groups excluding carboxylic acids is 1. The van der Waals surface area contributed by atoms with Crippen molar-refractivity contribution in [2.24, 2.45) is 0 Å². The molecule has 3 rings (SSSR count). The van der Waals surface area contributed by atoms with E-state index in [2.05, 4.69) is 5.32 Å². The van der Waals surface area contributed by atoms with Gasteiger partial charge in [0.1, 0.15) is 5.76 Å². The Morgan fingerprint density at radius 2 is 1.93 bits per heavy atom. The van der Waals surface area contributed by atoms with Crippen LogP contribution in [0.25, 0.3) is 22.3 Å². The molecule has 0 saturated heterocycles. The molecule has 0 saturated carbocycles. The van der Waals surface area contributed by atoms with Gasteiger partial charge in [0, 0.05) is 11.1 Å². The van der Waals surface area contributed by atoms with E-state index < -0.39 is 0 Å². The van der Waals surface area contributed by atoms with Crippen molar-refractivity contribution in [1.82, 2.24) is 5.32 Å². The van der Waals surface area contributed by atoms with Crippen LogP contribution in [-0.2, 0) is 0 Å². The first kappa shape index (κ1) is 20.2. The van der Waals surface area contributed by atoms with E-state index in [1.807, 2.05) is 36.6 Å². The Kier molecular flexibility index (Phi) is 6.54. The summed E-state index contributed by atoms with van der Waals surface area (Å²) in [6, 6.07) is 14.0. The molecule has 0 aliphatic carbocycles. The fraction of sp³-hybridized carbons (Fsp3) is 0.273. The fourth-order valence-electron chi connectivity index (χ4n) is 3.09. The minimum absolute atomic E-state index is 0.143. The third-order valence-corrected chi connectivity index (χ3v) is 5.30. The van der Waals surface area contributed by atoms with Gasteiger partial charge in [0.25, 0.3) is 5.91 Å². The van der Waals surface area contributed by atoms with E-state index in [0.717, 1.165) is 11.3 Å². The van der Waals surface area contributed by atoms with Crippen LogP contribution in [0.2, 0.25) is 0 Å². The Bertz CT molecular complexity index is 1030.